The number of rotatable bonds is 4. The first kappa shape index (κ1) is 10.8. The number of methoxy groups -OCH3 is 2. The topological polar surface area (TPSA) is 44.2 Å². The summed E-state index contributed by atoms with van der Waals surface area (Å²) in [6.07, 6.45) is 2.62. The maximum absolute atomic E-state index is 5.06. The second-order valence-electron chi connectivity index (χ2n) is 3.48. The SMILES string of the molecule is COc1ncc(CC(C)C)nc1OC. The molecule has 1 aromatic heterocycles. The summed E-state index contributed by atoms with van der Waals surface area (Å²) < 4.78 is 10.1. The second-order valence-corrected chi connectivity index (χ2v) is 3.48. The van der Waals surface area contributed by atoms with Crippen LogP contribution < -0.4 is 9.47 Å². The summed E-state index contributed by atoms with van der Waals surface area (Å²) in [7, 11) is 3.11. The van der Waals surface area contributed by atoms with Gasteiger partial charge in [-0.15, -0.1) is 0 Å². The van der Waals surface area contributed by atoms with Crippen molar-refractivity contribution in [3.05, 3.63) is 11.9 Å². The molecule has 0 radical (unpaired) electrons. The van der Waals surface area contributed by atoms with Gasteiger partial charge < -0.3 is 9.47 Å². The summed E-state index contributed by atoms with van der Waals surface area (Å²) in [5, 5.41) is 0. The van der Waals surface area contributed by atoms with E-state index in [9.17, 15) is 0 Å². The monoisotopic (exact) mass is 196 g/mol. The van der Waals surface area contributed by atoms with Crippen LogP contribution in [-0.2, 0) is 6.42 Å². The van der Waals surface area contributed by atoms with Crippen molar-refractivity contribution >= 4 is 0 Å². The van der Waals surface area contributed by atoms with Crippen LogP contribution in [0.4, 0.5) is 0 Å². The fourth-order valence-corrected chi connectivity index (χ4v) is 1.19. The van der Waals surface area contributed by atoms with Crippen LogP contribution >= 0.6 is 0 Å². The molecule has 0 saturated heterocycles. The molecule has 1 heterocycles. The third kappa shape index (κ3) is 2.58. The van der Waals surface area contributed by atoms with E-state index in [4.69, 9.17) is 9.47 Å². The fraction of sp³-hybridized carbons (Fsp3) is 0.600. The van der Waals surface area contributed by atoms with Crippen molar-refractivity contribution in [3.8, 4) is 11.8 Å². The van der Waals surface area contributed by atoms with Crippen molar-refractivity contribution in [2.45, 2.75) is 20.3 Å². The number of hydrogen-bond acceptors (Lipinski definition) is 4. The summed E-state index contributed by atoms with van der Waals surface area (Å²) in [5.41, 5.74) is 0.928. The number of ether oxygens (including phenoxy) is 2. The first-order valence-corrected chi connectivity index (χ1v) is 4.61. The quantitative estimate of drug-likeness (QED) is 0.735. The molecule has 1 rings (SSSR count). The Hall–Kier alpha value is -1.32. The van der Waals surface area contributed by atoms with Gasteiger partial charge in [0.05, 0.1) is 26.1 Å². The van der Waals surface area contributed by atoms with Gasteiger partial charge in [0.15, 0.2) is 0 Å². The molecule has 0 aliphatic rings. The van der Waals surface area contributed by atoms with Gasteiger partial charge in [0.1, 0.15) is 0 Å². The zero-order valence-corrected chi connectivity index (χ0v) is 9.07. The Morgan fingerprint density at radius 1 is 1.21 bits per heavy atom. The van der Waals surface area contributed by atoms with Crippen LogP contribution in [0.5, 0.6) is 11.8 Å². The van der Waals surface area contributed by atoms with Gasteiger partial charge in [0.25, 0.3) is 11.8 Å². The molecule has 1 aromatic rings. The van der Waals surface area contributed by atoms with Crippen LogP contribution in [0.2, 0.25) is 0 Å². The summed E-state index contributed by atoms with van der Waals surface area (Å²) >= 11 is 0. The predicted octanol–water partition coefficient (Wildman–Crippen LogP) is 1.69. The zero-order valence-electron chi connectivity index (χ0n) is 9.07. The van der Waals surface area contributed by atoms with E-state index in [-0.39, 0.29) is 0 Å². The van der Waals surface area contributed by atoms with Crippen LogP contribution in [-0.4, -0.2) is 24.2 Å². The molecule has 0 fully saturated rings. The molecule has 0 bridgehead atoms. The van der Waals surface area contributed by atoms with Crippen LogP contribution in [0.1, 0.15) is 19.5 Å². The van der Waals surface area contributed by atoms with Crippen molar-refractivity contribution in [1.82, 2.24) is 9.97 Å². The highest BCUT2D eigenvalue weighted by atomic mass is 16.5. The van der Waals surface area contributed by atoms with Gasteiger partial charge in [-0.3, -0.25) is 0 Å². The molecule has 0 aromatic carbocycles. The minimum Gasteiger partial charge on any atom is -0.477 e. The molecule has 4 heteroatoms. The van der Waals surface area contributed by atoms with Crippen LogP contribution in [0.25, 0.3) is 0 Å². The summed E-state index contributed by atoms with van der Waals surface area (Å²) in [6.45, 7) is 4.27. The Balaban J connectivity index is 2.89. The predicted molar refractivity (Wildman–Crippen MR) is 53.7 cm³/mol. The molecular formula is C10H16N2O2. The van der Waals surface area contributed by atoms with E-state index in [0.29, 0.717) is 17.7 Å². The third-order valence-corrected chi connectivity index (χ3v) is 1.76. The van der Waals surface area contributed by atoms with E-state index in [2.05, 4.69) is 23.8 Å². The van der Waals surface area contributed by atoms with Gasteiger partial charge in [-0.25, -0.2) is 9.97 Å². The Kier molecular flexibility index (Phi) is 3.68. The molecule has 0 unspecified atom stereocenters. The average Bonchev–Trinajstić information content (AvgIpc) is 2.16. The summed E-state index contributed by atoms with van der Waals surface area (Å²) in [6, 6.07) is 0. The molecule has 0 atom stereocenters. The molecular weight excluding hydrogens is 180 g/mol. The van der Waals surface area contributed by atoms with Crippen molar-refractivity contribution in [1.29, 1.82) is 0 Å². The highest BCUT2D eigenvalue weighted by Crippen LogP contribution is 2.21. The molecule has 4 nitrogen and oxygen atoms in total. The smallest absolute Gasteiger partial charge is 0.278 e. The Morgan fingerprint density at radius 3 is 2.36 bits per heavy atom. The van der Waals surface area contributed by atoms with E-state index in [1.54, 1.807) is 20.4 Å². The minimum absolute atomic E-state index is 0.431. The highest BCUT2D eigenvalue weighted by Gasteiger charge is 2.08. The zero-order chi connectivity index (χ0) is 10.6. The van der Waals surface area contributed by atoms with Crippen molar-refractivity contribution in [2.24, 2.45) is 5.92 Å². The average molecular weight is 196 g/mol. The van der Waals surface area contributed by atoms with Crippen molar-refractivity contribution < 1.29 is 9.47 Å². The molecule has 0 saturated carbocycles. The Labute approximate surface area is 84.3 Å². The lowest BCUT2D eigenvalue weighted by atomic mass is 10.1. The molecule has 78 valence electrons. The maximum atomic E-state index is 5.06. The van der Waals surface area contributed by atoms with Crippen LogP contribution in [0.15, 0.2) is 6.20 Å². The summed E-state index contributed by atoms with van der Waals surface area (Å²) in [4.78, 5) is 8.40. The van der Waals surface area contributed by atoms with Gasteiger partial charge in [0, 0.05) is 0 Å². The van der Waals surface area contributed by atoms with Crippen LogP contribution in [0, 0.1) is 5.92 Å². The molecule has 0 aliphatic heterocycles. The van der Waals surface area contributed by atoms with Crippen molar-refractivity contribution in [2.75, 3.05) is 14.2 Å². The Bertz CT molecular complexity index is 300. The lowest BCUT2D eigenvalue weighted by Gasteiger charge is -2.08. The maximum Gasteiger partial charge on any atom is 0.278 e. The Morgan fingerprint density at radius 2 is 1.86 bits per heavy atom. The lowest BCUT2D eigenvalue weighted by molar-refractivity contribution is 0.329. The van der Waals surface area contributed by atoms with Gasteiger partial charge >= 0.3 is 0 Å². The van der Waals surface area contributed by atoms with E-state index < -0.39 is 0 Å². The van der Waals surface area contributed by atoms with Crippen molar-refractivity contribution in [3.63, 3.8) is 0 Å². The van der Waals surface area contributed by atoms with Gasteiger partial charge in [0.2, 0.25) is 0 Å². The molecule has 0 spiro atoms. The second kappa shape index (κ2) is 4.79. The highest BCUT2D eigenvalue weighted by molar-refractivity contribution is 5.26. The minimum atomic E-state index is 0.431. The van der Waals surface area contributed by atoms with E-state index >= 15 is 0 Å². The largest absolute Gasteiger partial charge is 0.477 e. The van der Waals surface area contributed by atoms with Gasteiger partial charge in [-0.05, 0) is 12.3 Å². The molecule has 0 amide bonds. The summed E-state index contributed by atoms with van der Waals surface area (Å²) in [5.74, 6) is 1.44. The molecule has 0 aliphatic carbocycles. The number of hydrogen-bond donors (Lipinski definition) is 0. The van der Waals surface area contributed by atoms with E-state index in [1.807, 2.05) is 0 Å². The van der Waals surface area contributed by atoms with Crippen LogP contribution in [0.3, 0.4) is 0 Å². The van der Waals surface area contributed by atoms with E-state index in [0.717, 1.165) is 12.1 Å². The fourth-order valence-electron chi connectivity index (χ4n) is 1.19. The standard InChI is InChI=1S/C10H16N2O2/c1-7(2)5-8-6-11-9(13-3)10(12-8)14-4/h6-7H,5H2,1-4H3. The molecule has 14 heavy (non-hydrogen) atoms. The van der Waals surface area contributed by atoms with Gasteiger partial charge in [-0.2, -0.15) is 0 Å². The number of aromatic nitrogens is 2. The lowest BCUT2D eigenvalue weighted by Crippen LogP contribution is -2.02. The first-order valence-electron chi connectivity index (χ1n) is 4.61. The number of nitrogens with zero attached hydrogens (tertiary/aromatic N) is 2. The first-order chi connectivity index (χ1) is 6.67. The third-order valence-electron chi connectivity index (χ3n) is 1.76. The van der Waals surface area contributed by atoms with Gasteiger partial charge in [-0.1, -0.05) is 13.8 Å². The normalized spacial score (nSPS) is 10.4. The van der Waals surface area contributed by atoms with E-state index in [1.165, 1.54) is 0 Å². The molecule has 0 N–H and O–H groups in total.